The van der Waals surface area contributed by atoms with E-state index < -0.39 is 5.41 Å². The van der Waals surface area contributed by atoms with E-state index in [0.29, 0.717) is 12.6 Å². The summed E-state index contributed by atoms with van der Waals surface area (Å²) in [6, 6.07) is 0.452. The summed E-state index contributed by atoms with van der Waals surface area (Å²) in [5.41, 5.74) is 5.19. The number of rotatable bonds is 3. The largest absolute Gasteiger partial charge is 0.342 e. The fourth-order valence-electron chi connectivity index (χ4n) is 2.02. The Balaban J connectivity index is 2.59. The zero-order chi connectivity index (χ0) is 10.8. The summed E-state index contributed by atoms with van der Waals surface area (Å²) in [6.45, 7) is 4.25. The van der Waals surface area contributed by atoms with Gasteiger partial charge in [-0.3, -0.25) is 4.79 Å². The lowest BCUT2D eigenvalue weighted by atomic mass is 9.91. The molecule has 82 valence electrons. The Kier molecular flexibility index (Phi) is 3.53. The van der Waals surface area contributed by atoms with Crippen molar-refractivity contribution in [2.45, 2.75) is 45.6 Å². The number of hydrogen-bond donors (Lipinski definition) is 1. The molecule has 0 radical (unpaired) electrons. The SMILES string of the molecule is CN(C(=O)C(C)(C)CN)C1CCCC1. The van der Waals surface area contributed by atoms with Gasteiger partial charge in [0.2, 0.25) is 5.91 Å². The molecule has 1 amide bonds. The fourth-order valence-corrected chi connectivity index (χ4v) is 2.02. The smallest absolute Gasteiger partial charge is 0.229 e. The first-order valence-corrected chi connectivity index (χ1v) is 5.46. The highest BCUT2D eigenvalue weighted by Crippen LogP contribution is 2.26. The zero-order valence-corrected chi connectivity index (χ0v) is 9.55. The Hall–Kier alpha value is -0.570. The zero-order valence-electron chi connectivity index (χ0n) is 9.55. The monoisotopic (exact) mass is 198 g/mol. The highest BCUT2D eigenvalue weighted by molar-refractivity contribution is 5.82. The van der Waals surface area contributed by atoms with Crippen LogP contribution < -0.4 is 5.73 Å². The molecule has 0 aromatic heterocycles. The number of amides is 1. The minimum Gasteiger partial charge on any atom is -0.342 e. The minimum absolute atomic E-state index is 0.187. The van der Waals surface area contributed by atoms with E-state index >= 15 is 0 Å². The molecule has 0 aromatic carbocycles. The van der Waals surface area contributed by atoms with Crippen LogP contribution in [0.25, 0.3) is 0 Å². The summed E-state index contributed by atoms with van der Waals surface area (Å²) in [7, 11) is 1.91. The lowest BCUT2D eigenvalue weighted by Crippen LogP contribution is -2.46. The van der Waals surface area contributed by atoms with Gasteiger partial charge in [-0.15, -0.1) is 0 Å². The van der Waals surface area contributed by atoms with Gasteiger partial charge >= 0.3 is 0 Å². The number of carbonyl (C=O) groups is 1. The van der Waals surface area contributed by atoms with Crippen LogP contribution in [0.3, 0.4) is 0 Å². The van der Waals surface area contributed by atoms with Gasteiger partial charge in [-0.25, -0.2) is 0 Å². The second-order valence-electron chi connectivity index (χ2n) is 4.94. The topological polar surface area (TPSA) is 46.3 Å². The lowest BCUT2D eigenvalue weighted by molar-refractivity contribution is -0.140. The van der Waals surface area contributed by atoms with Crippen molar-refractivity contribution in [1.82, 2.24) is 4.90 Å². The van der Waals surface area contributed by atoms with Gasteiger partial charge in [-0.05, 0) is 26.7 Å². The fraction of sp³-hybridized carbons (Fsp3) is 0.909. The summed E-state index contributed by atoms with van der Waals surface area (Å²) in [6.07, 6.45) is 4.82. The first-order valence-electron chi connectivity index (χ1n) is 5.46. The van der Waals surface area contributed by atoms with Gasteiger partial charge in [0, 0.05) is 19.6 Å². The number of carbonyl (C=O) groups excluding carboxylic acids is 1. The van der Waals surface area contributed by atoms with Gasteiger partial charge in [-0.1, -0.05) is 12.8 Å². The van der Waals surface area contributed by atoms with E-state index in [1.54, 1.807) is 0 Å². The highest BCUT2D eigenvalue weighted by Gasteiger charge is 2.33. The molecule has 14 heavy (non-hydrogen) atoms. The molecule has 0 atom stereocenters. The maximum absolute atomic E-state index is 12.0. The van der Waals surface area contributed by atoms with Crippen molar-refractivity contribution < 1.29 is 4.79 Å². The van der Waals surface area contributed by atoms with E-state index in [2.05, 4.69) is 0 Å². The number of nitrogens with zero attached hydrogens (tertiary/aromatic N) is 1. The van der Waals surface area contributed by atoms with Gasteiger partial charge in [0.05, 0.1) is 5.41 Å². The normalized spacial score (nSPS) is 18.6. The van der Waals surface area contributed by atoms with E-state index in [1.807, 2.05) is 25.8 Å². The third kappa shape index (κ3) is 2.27. The van der Waals surface area contributed by atoms with Gasteiger partial charge in [0.15, 0.2) is 0 Å². The first kappa shape index (κ1) is 11.5. The van der Waals surface area contributed by atoms with Gasteiger partial charge in [0.25, 0.3) is 0 Å². The molecule has 0 heterocycles. The average Bonchev–Trinajstić information content (AvgIpc) is 2.68. The molecule has 3 heteroatoms. The first-order chi connectivity index (χ1) is 6.49. The molecule has 0 bridgehead atoms. The molecule has 1 aliphatic rings. The molecule has 1 aliphatic carbocycles. The molecule has 3 nitrogen and oxygen atoms in total. The predicted octanol–water partition coefficient (Wildman–Crippen LogP) is 1.37. The van der Waals surface area contributed by atoms with Gasteiger partial charge in [0.1, 0.15) is 0 Å². The van der Waals surface area contributed by atoms with Crippen molar-refractivity contribution in [2.75, 3.05) is 13.6 Å². The second-order valence-corrected chi connectivity index (χ2v) is 4.94. The minimum atomic E-state index is -0.405. The van der Waals surface area contributed by atoms with Crippen LogP contribution in [0.4, 0.5) is 0 Å². The maximum atomic E-state index is 12.0. The van der Waals surface area contributed by atoms with Crippen molar-refractivity contribution in [2.24, 2.45) is 11.1 Å². The van der Waals surface area contributed by atoms with Gasteiger partial charge in [-0.2, -0.15) is 0 Å². The standard InChI is InChI=1S/C11H22N2O/c1-11(2,8-12)10(14)13(3)9-6-4-5-7-9/h9H,4-8,12H2,1-3H3. The molecule has 0 aromatic rings. The van der Waals surface area contributed by atoms with E-state index in [0.717, 1.165) is 12.8 Å². The summed E-state index contributed by atoms with van der Waals surface area (Å²) < 4.78 is 0. The summed E-state index contributed by atoms with van der Waals surface area (Å²) in [5, 5.41) is 0. The average molecular weight is 198 g/mol. The Bertz CT molecular complexity index is 207. The second kappa shape index (κ2) is 4.30. The van der Waals surface area contributed by atoms with Crippen LogP contribution in [0.2, 0.25) is 0 Å². The van der Waals surface area contributed by atoms with E-state index in [1.165, 1.54) is 12.8 Å². The molecule has 1 fully saturated rings. The van der Waals surface area contributed by atoms with Crippen molar-refractivity contribution >= 4 is 5.91 Å². The molecular formula is C11H22N2O. The third-order valence-corrected chi connectivity index (χ3v) is 3.28. The van der Waals surface area contributed by atoms with E-state index in [4.69, 9.17) is 5.73 Å². The summed E-state index contributed by atoms with van der Waals surface area (Å²) >= 11 is 0. The van der Waals surface area contributed by atoms with Crippen LogP contribution in [0, 0.1) is 5.41 Å². The van der Waals surface area contributed by atoms with E-state index in [-0.39, 0.29) is 5.91 Å². The van der Waals surface area contributed by atoms with Crippen molar-refractivity contribution in [3.05, 3.63) is 0 Å². The van der Waals surface area contributed by atoms with Crippen LogP contribution in [-0.2, 0) is 4.79 Å². The molecule has 1 saturated carbocycles. The van der Waals surface area contributed by atoms with Crippen molar-refractivity contribution in [1.29, 1.82) is 0 Å². The number of nitrogens with two attached hydrogens (primary N) is 1. The van der Waals surface area contributed by atoms with Crippen molar-refractivity contribution in [3.8, 4) is 0 Å². The van der Waals surface area contributed by atoms with Crippen LogP contribution in [0.5, 0.6) is 0 Å². The van der Waals surface area contributed by atoms with Crippen LogP contribution in [0.15, 0.2) is 0 Å². The van der Waals surface area contributed by atoms with Crippen LogP contribution in [-0.4, -0.2) is 30.4 Å². The lowest BCUT2D eigenvalue weighted by Gasteiger charge is -2.32. The molecule has 1 rings (SSSR count). The Morgan fingerprint density at radius 1 is 1.43 bits per heavy atom. The Labute approximate surface area is 86.6 Å². The van der Waals surface area contributed by atoms with Crippen LogP contribution >= 0.6 is 0 Å². The van der Waals surface area contributed by atoms with Crippen LogP contribution in [0.1, 0.15) is 39.5 Å². The Morgan fingerprint density at radius 2 is 1.93 bits per heavy atom. The quantitative estimate of drug-likeness (QED) is 0.744. The summed E-state index contributed by atoms with van der Waals surface area (Å²) in [5.74, 6) is 0.187. The van der Waals surface area contributed by atoms with E-state index in [9.17, 15) is 4.79 Å². The molecule has 0 unspecified atom stereocenters. The molecule has 0 aliphatic heterocycles. The number of hydrogen-bond acceptors (Lipinski definition) is 2. The molecule has 0 saturated heterocycles. The van der Waals surface area contributed by atoms with Crippen molar-refractivity contribution in [3.63, 3.8) is 0 Å². The molecule has 2 N–H and O–H groups in total. The highest BCUT2D eigenvalue weighted by atomic mass is 16.2. The maximum Gasteiger partial charge on any atom is 0.229 e. The molecular weight excluding hydrogens is 176 g/mol. The van der Waals surface area contributed by atoms with Gasteiger partial charge < -0.3 is 10.6 Å². The Morgan fingerprint density at radius 3 is 2.36 bits per heavy atom. The molecule has 0 spiro atoms. The predicted molar refractivity (Wildman–Crippen MR) is 57.9 cm³/mol. The summed E-state index contributed by atoms with van der Waals surface area (Å²) in [4.78, 5) is 13.9. The third-order valence-electron chi connectivity index (χ3n) is 3.28.